The van der Waals surface area contributed by atoms with E-state index in [1.165, 1.54) is 0 Å². The molecule has 0 bridgehead atoms. The van der Waals surface area contributed by atoms with Gasteiger partial charge in [-0.15, -0.1) is 0 Å². The monoisotopic (exact) mass is 397 g/mol. The van der Waals surface area contributed by atoms with Gasteiger partial charge in [-0.2, -0.15) is 0 Å². The fraction of sp³-hybridized carbons (Fsp3) is 0.417. The fourth-order valence-electron chi connectivity index (χ4n) is 3.31. The molecular weight excluding hydrogens is 362 g/mol. The molecule has 29 heavy (non-hydrogen) atoms. The third-order valence-electron chi connectivity index (χ3n) is 4.81. The molecule has 5 nitrogen and oxygen atoms in total. The maximum atomic E-state index is 12.8. The van der Waals surface area contributed by atoms with Crippen molar-refractivity contribution in [2.45, 2.75) is 42.0 Å². The second-order valence-corrected chi connectivity index (χ2v) is 6.52. The number of hydrogen-bond donors (Lipinski definition) is 2. The number of aryl methyl sites for hydroxylation is 1. The minimum atomic E-state index is -0.156. The molecule has 1 heterocycles. The summed E-state index contributed by atoms with van der Waals surface area (Å²) in [6, 6.07) is 11.1. The van der Waals surface area contributed by atoms with Crippen LogP contribution in [0.4, 0.5) is 0 Å². The van der Waals surface area contributed by atoms with Gasteiger partial charge in [0.1, 0.15) is 0 Å². The van der Waals surface area contributed by atoms with Gasteiger partial charge in [-0.25, -0.2) is 0 Å². The third kappa shape index (κ3) is 5.45. The smallest absolute Gasteiger partial charge is 0.253 e. The average Bonchev–Trinajstić information content (AvgIpc) is 2.73. The molecule has 158 valence electrons. The molecule has 0 aliphatic heterocycles. The highest BCUT2D eigenvalue weighted by Gasteiger charge is 2.15. The molecule has 1 aromatic heterocycles. The molecule has 3 aromatic rings. The Bertz CT molecular complexity index is 1000. The van der Waals surface area contributed by atoms with Gasteiger partial charge in [-0.3, -0.25) is 9.59 Å². The third-order valence-corrected chi connectivity index (χ3v) is 4.81. The van der Waals surface area contributed by atoms with Crippen molar-refractivity contribution in [1.82, 2.24) is 15.2 Å². The van der Waals surface area contributed by atoms with E-state index in [0.29, 0.717) is 28.4 Å². The van der Waals surface area contributed by atoms with E-state index in [0.717, 1.165) is 30.7 Å². The minimum absolute atomic E-state index is 0. The zero-order valence-electron chi connectivity index (χ0n) is 17.6. The van der Waals surface area contributed by atoms with E-state index in [9.17, 15) is 9.59 Å². The van der Waals surface area contributed by atoms with Crippen LogP contribution in [0.5, 0.6) is 0 Å². The highest BCUT2D eigenvalue weighted by atomic mass is 16.1. The Hall–Kier alpha value is -2.66. The van der Waals surface area contributed by atoms with E-state index in [2.05, 4.69) is 29.0 Å². The van der Waals surface area contributed by atoms with Gasteiger partial charge in [0.2, 0.25) is 0 Å². The van der Waals surface area contributed by atoms with Crippen LogP contribution in [0, 0.1) is 6.92 Å². The predicted molar refractivity (Wildman–Crippen MR) is 125 cm³/mol. The van der Waals surface area contributed by atoms with Crippen LogP contribution >= 0.6 is 0 Å². The number of nitrogens with zero attached hydrogens (tertiary/aromatic N) is 1. The van der Waals surface area contributed by atoms with Crippen LogP contribution in [-0.2, 0) is 0 Å². The van der Waals surface area contributed by atoms with E-state index >= 15 is 0 Å². The van der Waals surface area contributed by atoms with Crippen LogP contribution in [0.3, 0.4) is 0 Å². The second-order valence-electron chi connectivity index (χ2n) is 6.52. The molecule has 0 aliphatic rings. The first kappa shape index (κ1) is 24.4. The first-order chi connectivity index (χ1) is 13.5. The highest BCUT2D eigenvalue weighted by molar-refractivity contribution is 6.08. The molecular formula is C24H35N3O2. The van der Waals surface area contributed by atoms with Crippen LogP contribution in [-0.4, -0.2) is 42.0 Å². The van der Waals surface area contributed by atoms with Crippen molar-refractivity contribution in [3.63, 3.8) is 0 Å². The first-order valence-electron chi connectivity index (χ1n) is 10.1. The molecule has 0 saturated carbocycles. The number of likely N-dealkylation sites (N-methyl/N-ethyl adjacent to an activating group) is 1. The number of aromatic amines is 1. The lowest BCUT2D eigenvalue weighted by molar-refractivity contribution is 0.0950. The van der Waals surface area contributed by atoms with Gasteiger partial charge in [-0.1, -0.05) is 47.3 Å². The summed E-state index contributed by atoms with van der Waals surface area (Å²) in [6.45, 7) is 13.4. The van der Waals surface area contributed by atoms with E-state index < -0.39 is 0 Å². The number of amides is 1. The second kappa shape index (κ2) is 11.4. The lowest BCUT2D eigenvalue weighted by atomic mass is 10.0. The number of carbonyl (C=O) groups excluding carboxylic acids is 1. The zero-order chi connectivity index (χ0) is 20.7. The summed E-state index contributed by atoms with van der Waals surface area (Å²) in [6.07, 6.45) is 0. The largest absolute Gasteiger partial charge is 0.354 e. The van der Waals surface area contributed by atoms with Gasteiger partial charge in [0.25, 0.3) is 5.91 Å². The molecule has 0 aliphatic carbocycles. The molecule has 5 heteroatoms. The lowest BCUT2D eigenvalue weighted by Gasteiger charge is -2.18. The summed E-state index contributed by atoms with van der Waals surface area (Å²) >= 11 is 0. The van der Waals surface area contributed by atoms with E-state index in [1.807, 2.05) is 51.1 Å². The van der Waals surface area contributed by atoms with Crippen LogP contribution in [0.2, 0.25) is 0 Å². The van der Waals surface area contributed by atoms with Gasteiger partial charge >= 0.3 is 0 Å². The Kier molecular flexibility index (Phi) is 9.56. The summed E-state index contributed by atoms with van der Waals surface area (Å²) in [4.78, 5) is 31.1. The molecule has 3 rings (SSSR count). The van der Waals surface area contributed by atoms with Gasteiger partial charge in [0.05, 0.1) is 11.1 Å². The van der Waals surface area contributed by atoms with Crippen LogP contribution in [0.25, 0.3) is 21.8 Å². The minimum Gasteiger partial charge on any atom is -0.354 e. The maximum absolute atomic E-state index is 12.8. The van der Waals surface area contributed by atoms with Crippen molar-refractivity contribution < 1.29 is 4.79 Å². The van der Waals surface area contributed by atoms with Crippen LogP contribution in [0.1, 0.15) is 51.0 Å². The number of nitrogens with one attached hydrogen (secondary N) is 2. The number of para-hydroxylation sites is 1. The first-order valence-corrected chi connectivity index (χ1v) is 10.1. The number of pyridine rings is 1. The molecule has 2 aromatic carbocycles. The topological polar surface area (TPSA) is 65.2 Å². The average molecular weight is 398 g/mol. The standard InChI is InChI=1S/C21H25N3O2.C2H6.CH4/c1-4-24(5-2)11-10-22-21(26)17-13-14(3)12-16-19(17)23-18-9-7-6-8-15(18)20(16)25;1-2;/h6-9,12-13H,4-5,10-11H2,1-3H3,(H,22,26)(H,23,25);1-2H3;1H4. The van der Waals surface area contributed by atoms with E-state index in [4.69, 9.17) is 0 Å². The Morgan fingerprint density at radius 1 is 1.07 bits per heavy atom. The number of rotatable bonds is 6. The van der Waals surface area contributed by atoms with Crippen molar-refractivity contribution in [3.05, 3.63) is 57.7 Å². The summed E-state index contributed by atoms with van der Waals surface area (Å²) in [5.41, 5.74) is 2.70. The maximum Gasteiger partial charge on any atom is 0.253 e. The number of fused-ring (bicyclic) bond motifs is 2. The van der Waals surface area contributed by atoms with Crippen LogP contribution in [0.15, 0.2) is 41.2 Å². The van der Waals surface area contributed by atoms with Gasteiger partial charge in [0.15, 0.2) is 5.43 Å². The summed E-state index contributed by atoms with van der Waals surface area (Å²) in [5.74, 6) is -0.156. The quantitative estimate of drug-likeness (QED) is 0.591. The Morgan fingerprint density at radius 2 is 1.72 bits per heavy atom. The molecule has 2 N–H and O–H groups in total. The van der Waals surface area contributed by atoms with E-state index in [1.54, 1.807) is 6.07 Å². The van der Waals surface area contributed by atoms with Crippen LogP contribution < -0.4 is 10.7 Å². The number of aromatic nitrogens is 1. The SMILES string of the molecule is C.CC.CCN(CC)CCNC(=O)c1cc(C)cc2c(=O)c3ccccc3[nH]c12. The van der Waals surface area contributed by atoms with E-state index in [-0.39, 0.29) is 18.8 Å². The fourth-order valence-corrected chi connectivity index (χ4v) is 3.31. The predicted octanol–water partition coefficient (Wildman–Crippen LogP) is 4.72. The molecule has 0 radical (unpaired) electrons. The van der Waals surface area contributed by atoms with Crippen molar-refractivity contribution in [2.75, 3.05) is 26.2 Å². The molecule has 0 atom stereocenters. The van der Waals surface area contributed by atoms with Crippen molar-refractivity contribution in [3.8, 4) is 0 Å². The summed E-state index contributed by atoms with van der Waals surface area (Å²) in [5, 5.41) is 4.17. The van der Waals surface area contributed by atoms with Gasteiger partial charge in [0, 0.05) is 29.4 Å². The number of H-pyrrole nitrogens is 1. The van der Waals surface area contributed by atoms with Gasteiger partial charge in [-0.05, 0) is 49.8 Å². The normalized spacial score (nSPS) is 10.4. The Morgan fingerprint density at radius 3 is 2.38 bits per heavy atom. The molecule has 0 saturated heterocycles. The number of benzene rings is 2. The summed E-state index contributed by atoms with van der Waals surface area (Å²) < 4.78 is 0. The van der Waals surface area contributed by atoms with Crippen molar-refractivity contribution in [1.29, 1.82) is 0 Å². The molecule has 0 unspecified atom stereocenters. The zero-order valence-corrected chi connectivity index (χ0v) is 17.6. The number of hydrogen-bond acceptors (Lipinski definition) is 3. The summed E-state index contributed by atoms with van der Waals surface area (Å²) in [7, 11) is 0. The van der Waals surface area contributed by atoms with Crippen molar-refractivity contribution in [2.24, 2.45) is 0 Å². The lowest BCUT2D eigenvalue weighted by Crippen LogP contribution is -2.35. The molecule has 0 spiro atoms. The molecule has 0 fully saturated rings. The highest BCUT2D eigenvalue weighted by Crippen LogP contribution is 2.20. The number of carbonyl (C=O) groups is 1. The molecule has 1 amide bonds. The van der Waals surface area contributed by atoms with Gasteiger partial charge < -0.3 is 15.2 Å². The Labute approximate surface area is 174 Å². The Balaban J connectivity index is 0.00000136. The van der Waals surface area contributed by atoms with Crippen molar-refractivity contribution >= 4 is 27.7 Å².